The van der Waals surface area contributed by atoms with Crippen LogP contribution in [-0.4, -0.2) is 27.5 Å². The van der Waals surface area contributed by atoms with Crippen LogP contribution in [0.1, 0.15) is 13.3 Å². The number of carbonyl (C=O) groups excluding carboxylic acids is 1. The standard InChI is InChI=1S/C23H21ClFNO6S/c1-16(27)26-33(28,29)21-5-2-4-19(14-21)30-12-3-13-31-23-11-10-20(15-22(23)24)32-18-8-6-17(25)7-9-18/h2,4-11,14-15H,3,12-13H2,1H3,(H,26,27). The van der Waals surface area contributed by atoms with E-state index in [2.05, 4.69) is 0 Å². The van der Waals surface area contributed by atoms with Gasteiger partial charge in [-0.25, -0.2) is 17.5 Å². The van der Waals surface area contributed by atoms with E-state index in [0.717, 1.165) is 6.92 Å². The van der Waals surface area contributed by atoms with Gasteiger partial charge in [0.1, 0.15) is 28.8 Å². The molecule has 0 aromatic heterocycles. The van der Waals surface area contributed by atoms with Crippen molar-refractivity contribution in [2.45, 2.75) is 18.2 Å². The summed E-state index contributed by atoms with van der Waals surface area (Å²) in [5.41, 5.74) is 0. The predicted molar refractivity (Wildman–Crippen MR) is 121 cm³/mol. The van der Waals surface area contributed by atoms with Crippen molar-refractivity contribution in [1.82, 2.24) is 4.72 Å². The molecule has 1 amide bonds. The van der Waals surface area contributed by atoms with E-state index < -0.39 is 15.9 Å². The van der Waals surface area contributed by atoms with E-state index in [-0.39, 0.29) is 17.3 Å². The molecule has 10 heteroatoms. The Labute approximate surface area is 196 Å². The lowest BCUT2D eigenvalue weighted by atomic mass is 10.3. The van der Waals surface area contributed by atoms with Gasteiger partial charge in [-0.05, 0) is 48.5 Å². The molecule has 3 aromatic rings. The largest absolute Gasteiger partial charge is 0.493 e. The van der Waals surface area contributed by atoms with Gasteiger partial charge < -0.3 is 14.2 Å². The van der Waals surface area contributed by atoms with E-state index in [1.807, 2.05) is 4.72 Å². The van der Waals surface area contributed by atoms with Gasteiger partial charge in [0.15, 0.2) is 0 Å². The highest BCUT2D eigenvalue weighted by molar-refractivity contribution is 7.90. The molecule has 0 atom stereocenters. The smallest absolute Gasteiger partial charge is 0.264 e. The Morgan fingerprint density at radius 1 is 0.939 bits per heavy atom. The van der Waals surface area contributed by atoms with Gasteiger partial charge in [0.25, 0.3) is 10.0 Å². The number of hydrogen-bond donors (Lipinski definition) is 1. The quantitative estimate of drug-likeness (QED) is 0.402. The van der Waals surface area contributed by atoms with Gasteiger partial charge in [0, 0.05) is 25.5 Å². The maximum absolute atomic E-state index is 13.0. The Hall–Kier alpha value is -3.30. The summed E-state index contributed by atoms with van der Waals surface area (Å²) in [5.74, 6) is 0.750. The van der Waals surface area contributed by atoms with Crippen molar-refractivity contribution in [3.05, 3.63) is 77.6 Å². The summed E-state index contributed by atoms with van der Waals surface area (Å²) in [4.78, 5) is 11.0. The lowest BCUT2D eigenvalue weighted by molar-refractivity contribution is -0.117. The molecule has 0 saturated heterocycles. The minimum Gasteiger partial charge on any atom is -0.493 e. The Balaban J connectivity index is 1.47. The summed E-state index contributed by atoms with van der Waals surface area (Å²) in [6, 6.07) is 16.4. The van der Waals surface area contributed by atoms with Crippen LogP contribution in [0, 0.1) is 5.82 Å². The van der Waals surface area contributed by atoms with E-state index >= 15 is 0 Å². The van der Waals surface area contributed by atoms with E-state index in [1.54, 1.807) is 24.3 Å². The van der Waals surface area contributed by atoms with Crippen LogP contribution in [0.4, 0.5) is 4.39 Å². The van der Waals surface area contributed by atoms with Crippen molar-refractivity contribution >= 4 is 27.5 Å². The van der Waals surface area contributed by atoms with Gasteiger partial charge in [0.2, 0.25) is 5.91 Å². The molecule has 3 aromatic carbocycles. The highest BCUT2D eigenvalue weighted by Gasteiger charge is 2.16. The molecule has 0 fully saturated rings. The molecule has 0 unspecified atom stereocenters. The number of ether oxygens (including phenoxy) is 3. The fourth-order valence-electron chi connectivity index (χ4n) is 2.71. The van der Waals surface area contributed by atoms with Crippen molar-refractivity contribution in [1.29, 1.82) is 0 Å². The first-order valence-corrected chi connectivity index (χ1v) is 11.7. The second kappa shape index (κ2) is 11.0. The number of halogens is 2. The van der Waals surface area contributed by atoms with E-state index in [9.17, 15) is 17.6 Å². The predicted octanol–water partition coefficient (Wildman–Crippen LogP) is 4.94. The number of hydrogen-bond acceptors (Lipinski definition) is 6. The molecule has 33 heavy (non-hydrogen) atoms. The van der Waals surface area contributed by atoms with Crippen LogP contribution in [0.15, 0.2) is 71.6 Å². The summed E-state index contributed by atoms with van der Waals surface area (Å²) in [6.07, 6.45) is 0.507. The average molecular weight is 494 g/mol. The lowest BCUT2D eigenvalue weighted by Crippen LogP contribution is -2.28. The van der Waals surface area contributed by atoms with Crippen LogP contribution < -0.4 is 18.9 Å². The second-order valence-electron chi connectivity index (χ2n) is 6.84. The van der Waals surface area contributed by atoms with Crippen molar-refractivity contribution < 1.29 is 31.8 Å². The zero-order valence-corrected chi connectivity index (χ0v) is 19.2. The molecule has 0 spiro atoms. The molecule has 0 saturated carbocycles. The maximum atomic E-state index is 13.0. The van der Waals surface area contributed by atoms with Crippen LogP contribution in [0.2, 0.25) is 5.02 Å². The van der Waals surface area contributed by atoms with Crippen molar-refractivity contribution in [3.63, 3.8) is 0 Å². The fourth-order valence-corrected chi connectivity index (χ4v) is 3.96. The number of rotatable bonds is 10. The van der Waals surface area contributed by atoms with E-state index in [1.165, 1.54) is 42.5 Å². The lowest BCUT2D eigenvalue weighted by Gasteiger charge is -2.11. The molecule has 0 heterocycles. The number of sulfonamides is 1. The first kappa shape index (κ1) is 24.3. The summed E-state index contributed by atoms with van der Waals surface area (Å²) in [5, 5.41) is 0.353. The Kier molecular flexibility index (Phi) is 8.13. The zero-order valence-electron chi connectivity index (χ0n) is 17.6. The number of amides is 1. The molecule has 7 nitrogen and oxygen atoms in total. The Bertz CT molecular complexity index is 1220. The van der Waals surface area contributed by atoms with Gasteiger partial charge in [0.05, 0.1) is 23.1 Å². The average Bonchev–Trinajstić information content (AvgIpc) is 2.76. The molecule has 0 aliphatic heterocycles. The van der Waals surface area contributed by atoms with Gasteiger partial charge >= 0.3 is 0 Å². The second-order valence-corrected chi connectivity index (χ2v) is 8.92. The first-order valence-electron chi connectivity index (χ1n) is 9.85. The third-order valence-electron chi connectivity index (χ3n) is 4.16. The third-order valence-corrected chi connectivity index (χ3v) is 5.89. The molecule has 0 aliphatic rings. The summed E-state index contributed by atoms with van der Waals surface area (Å²) >= 11 is 6.24. The Morgan fingerprint density at radius 3 is 2.33 bits per heavy atom. The van der Waals surface area contributed by atoms with Crippen LogP contribution in [-0.2, 0) is 14.8 Å². The zero-order chi connectivity index (χ0) is 23.8. The normalized spacial score (nSPS) is 11.0. The molecule has 0 radical (unpaired) electrons. The van der Waals surface area contributed by atoms with E-state index in [0.29, 0.717) is 41.0 Å². The summed E-state index contributed by atoms with van der Waals surface area (Å²) in [6.45, 7) is 1.70. The molecule has 174 valence electrons. The first-order chi connectivity index (χ1) is 15.7. The minimum atomic E-state index is -3.93. The molecule has 3 rings (SSSR count). The molecule has 0 aliphatic carbocycles. The summed E-state index contributed by atoms with van der Waals surface area (Å²) in [7, 11) is -3.93. The molecule has 0 bridgehead atoms. The molecule has 1 N–H and O–H groups in total. The maximum Gasteiger partial charge on any atom is 0.264 e. The molecular weight excluding hydrogens is 473 g/mol. The van der Waals surface area contributed by atoms with Crippen molar-refractivity contribution in [2.24, 2.45) is 0 Å². The van der Waals surface area contributed by atoms with Crippen molar-refractivity contribution in [2.75, 3.05) is 13.2 Å². The monoisotopic (exact) mass is 493 g/mol. The Morgan fingerprint density at radius 2 is 1.64 bits per heavy atom. The minimum absolute atomic E-state index is 0.0684. The SMILES string of the molecule is CC(=O)NS(=O)(=O)c1cccc(OCCCOc2ccc(Oc3ccc(F)cc3)cc2Cl)c1. The highest BCUT2D eigenvalue weighted by atomic mass is 35.5. The van der Waals surface area contributed by atoms with Crippen LogP contribution in [0.3, 0.4) is 0 Å². The number of benzene rings is 3. The van der Waals surface area contributed by atoms with Gasteiger partial charge in [-0.15, -0.1) is 0 Å². The van der Waals surface area contributed by atoms with Gasteiger partial charge in [-0.3, -0.25) is 4.79 Å². The number of nitrogens with one attached hydrogen (secondary N) is 1. The summed E-state index contributed by atoms with van der Waals surface area (Å²) < 4.78 is 55.8. The third kappa shape index (κ3) is 7.37. The van der Waals surface area contributed by atoms with Crippen LogP contribution in [0.25, 0.3) is 0 Å². The van der Waals surface area contributed by atoms with E-state index in [4.69, 9.17) is 25.8 Å². The topological polar surface area (TPSA) is 90.9 Å². The highest BCUT2D eigenvalue weighted by Crippen LogP contribution is 2.31. The molecular formula is C23H21ClFNO6S. The van der Waals surface area contributed by atoms with Crippen LogP contribution in [0.5, 0.6) is 23.0 Å². The van der Waals surface area contributed by atoms with Crippen LogP contribution >= 0.6 is 11.6 Å². The van der Waals surface area contributed by atoms with Gasteiger partial charge in [-0.2, -0.15) is 0 Å². The van der Waals surface area contributed by atoms with Gasteiger partial charge in [-0.1, -0.05) is 17.7 Å². The number of carbonyl (C=O) groups is 1. The van der Waals surface area contributed by atoms with Crippen molar-refractivity contribution in [3.8, 4) is 23.0 Å². The fraction of sp³-hybridized carbons (Fsp3) is 0.174.